The first-order valence-electron chi connectivity index (χ1n) is 8.85. The monoisotopic (exact) mass is 419 g/mol. The molecule has 1 N–H and O–H groups in total. The highest BCUT2D eigenvalue weighted by Gasteiger charge is 2.22. The summed E-state index contributed by atoms with van der Waals surface area (Å²) in [6.07, 6.45) is 0.731. The summed E-state index contributed by atoms with van der Waals surface area (Å²) in [6, 6.07) is 1.89. The zero-order valence-corrected chi connectivity index (χ0v) is 17.5. The first-order valence-corrected chi connectivity index (χ1v) is 10.7. The molecule has 0 aliphatic carbocycles. The van der Waals surface area contributed by atoms with E-state index in [0.29, 0.717) is 22.3 Å². The maximum atomic E-state index is 12.5. The molecule has 0 radical (unpaired) electrons. The van der Waals surface area contributed by atoms with Crippen LogP contribution in [0.5, 0.6) is 0 Å². The second-order valence-electron chi connectivity index (χ2n) is 6.49. The molecule has 0 saturated heterocycles. The molecule has 3 aromatic rings. The van der Waals surface area contributed by atoms with E-state index in [1.807, 2.05) is 22.2 Å². The Bertz CT molecular complexity index is 946. The lowest BCUT2D eigenvalue weighted by atomic mass is 10.0. The topological polar surface area (TPSA) is 99.0 Å². The molecule has 0 aromatic carbocycles. The average molecular weight is 420 g/mol. The van der Waals surface area contributed by atoms with Gasteiger partial charge in [-0.25, -0.2) is 4.79 Å². The van der Waals surface area contributed by atoms with Crippen molar-refractivity contribution in [3.63, 3.8) is 0 Å². The number of carbonyl (C=O) groups is 2. The van der Waals surface area contributed by atoms with Gasteiger partial charge in [0.25, 0.3) is 0 Å². The van der Waals surface area contributed by atoms with Crippen LogP contribution in [0, 0.1) is 5.92 Å². The molecule has 1 amide bonds. The van der Waals surface area contributed by atoms with Crippen molar-refractivity contribution >= 4 is 39.6 Å². The Kier molecular flexibility index (Phi) is 6.53. The minimum Gasteiger partial charge on any atom is -0.462 e. The van der Waals surface area contributed by atoms with Crippen molar-refractivity contribution < 1.29 is 14.3 Å². The Balaban J connectivity index is 1.73. The summed E-state index contributed by atoms with van der Waals surface area (Å²) in [6.45, 7) is 6.08. The number of amides is 1. The van der Waals surface area contributed by atoms with E-state index in [2.05, 4.69) is 34.6 Å². The molecule has 0 atom stereocenters. The molecule has 0 bridgehead atoms. The maximum absolute atomic E-state index is 12.5. The molecule has 8 nitrogen and oxygen atoms in total. The highest BCUT2D eigenvalue weighted by atomic mass is 32.1. The fraction of sp³-hybridized carbons (Fsp3) is 0.389. The first kappa shape index (κ1) is 20.2. The third kappa shape index (κ3) is 4.82. The predicted molar refractivity (Wildman–Crippen MR) is 109 cm³/mol. The number of hydrogen-bond donors (Lipinski definition) is 1. The summed E-state index contributed by atoms with van der Waals surface area (Å²) >= 11 is 2.85. The van der Waals surface area contributed by atoms with E-state index < -0.39 is 5.97 Å². The smallest absolute Gasteiger partial charge is 0.341 e. The Morgan fingerprint density at radius 3 is 2.82 bits per heavy atom. The zero-order valence-electron chi connectivity index (χ0n) is 15.8. The number of carbonyl (C=O) groups excluding carboxylic acids is 2. The van der Waals surface area contributed by atoms with E-state index in [0.717, 1.165) is 17.5 Å². The van der Waals surface area contributed by atoms with Crippen LogP contribution in [0.3, 0.4) is 0 Å². The zero-order chi connectivity index (χ0) is 20.1. The van der Waals surface area contributed by atoms with Gasteiger partial charge in [-0.1, -0.05) is 13.8 Å². The Morgan fingerprint density at radius 2 is 2.14 bits per heavy atom. The Morgan fingerprint density at radius 1 is 1.32 bits per heavy atom. The second kappa shape index (κ2) is 9.07. The number of nitrogens with zero attached hydrogens (tertiary/aromatic N) is 4. The van der Waals surface area contributed by atoms with Crippen molar-refractivity contribution in [2.75, 3.05) is 11.9 Å². The number of thiophene rings is 2. The lowest BCUT2D eigenvalue weighted by Crippen LogP contribution is -2.21. The lowest BCUT2D eigenvalue weighted by molar-refractivity contribution is -0.117. The molecular weight excluding hydrogens is 398 g/mol. The van der Waals surface area contributed by atoms with E-state index in [1.54, 1.807) is 6.92 Å². The van der Waals surface area contributed by atoms with Gasteiger partial charge in [0, 0.05) is 10.9 Å². The number of anilines is 1. The van der Waals surface area contributed by atoms with Crippen molar-refractivity contribution in [2.45, 2.75) is 33.7 Å². The minimum atomic E-state index is -0.423. The lowest BCUT2D eigenvalue weighted by Gasteiger charge is -2.09. The van der Waals surface area contributed by atoms with Gasteiger partial charge in [-0.05, 0) is 46.9 Å². The molecule has 3 rings (SSSR count). The molecule has 28 heavy (non-hydrogen) atoms. The van der Waals surface area contributed by atoms with E-state index in [4.69, 9.17) is 4.74 Å². The number of hydrogen-bond acceptors (Lipinski definition) is 8. The number of esters is 1. The minimum absolute atomic E-state index is 0.100. The van der Waals surface area contributed by atoms with Crippen LogP contribution in [-0.2, 0) is 22.5 Å². The Hall–Kier alpha value is -2.59. The number of rotatable bonds is 8. The molecule has 0 spiro atoms. The molecule has 0 aliphatic rings. The van der Waals surface area contributed by atoms with E-state index in [1.165, 1.54) is 27.5 Å². The fourth-order valence-corrected chi connectivity index (χ4v) is 4.23. The van der Waals surface area contributed by atoms with Gasteiger partial charge in [-0.2, -0.15) is 16.1 Å². The number of ether oxygens (including phenoxy) is 1. The van der Waals surface area contributed by atoms with Gasteiger partial charge >= 0.3 is 5.97 Å². The normalized spacial score (nSPS) is 11.0. The molecule has 148 valence electrons. The van der Waals surface area contributed by atoms with Crippen molar-refractivity contribution in [3.8, 4) is 11.4 Å². The summed E-state index contributed by atoms with van der Waals surface area (Å²) < 4.78 is 5.17. The van der Waals surface area contributed by atoms with Gasteiger partial charge in [0.2, 0.25) is 11.7 Å². The van der Waals surface area contributed by atoms with Crippen LogP contribution in [0.2, 0.25) is 0 Å². The van der Waals surface area contributed by atoms with Crippen LogP contribution in [0.15, 0.2) is 22.2 Å². The molecule has 3 aromatic heterocycles. The van der Waals surface area contributed by atoms with Gasteiger partial charge in [0.15, 0.2) is 0 Å². The summed E-state index contributed by atoms with van der Waals surface area (Å²) in [5.74, 6) is 0.0869. The van der Waals surface area contributed by atoms with E-state index in [9.17, 15) is 9.59 Å². The molecule has 0 saturated carbocycles. The largest absolute Gasteiger partial charge is 0.462 e. The summed E-state index contributed by atoms with van der Waals surface area (Å²) in [5.41, 5.74) is 2.17. The highest BCUT2D eigenvalue weighted by molar-refractivity contribution is 7.15. The van der Waals surface area contributed by atoms with Crippen LogP contribution < -0.4 is 5.32 Å². The van der Waals surface area contributed by atoms with Crippen LogP contribution >= 0.6 is 22.7 Å². The number of nitrogens with one attached hydrogen (secondary N) is 1. The average Bonchev–Trinajstić information content (AvgIpc) is 3.35. The quantitative estimate of drug-likeness (QED) is 0.561. The summed E-state index contributed by atoms with van der Waals surface area (Å²) in [4.78, 5) is 26.1. The van der Waals surface area contributed by atoms with Gasteiger partial charge in [0.1, 0.15) is 11.5 Å². The van der Waals surface area contributed by atoms with Gasteiger partial charge in [-0.15, -0.1) is 21.5 Å². The molecule has 3 heterocycles. The molecule has 10 heteroatoms. The number of aromatic nitrogens is 4. The van der Waals surface area contributed by atoms with Crippen LogP contribution in [0.1, 0.15) is 36.7 Å². The van der Waals surface area contributed by atoms with Crippen LogP contribution in [-0.4, -0.2) is 38.7 Å². The Labute approximate surface area is 170 Å². The third-order valence-corrected chi connectivity index (χ3v) is 5.37. The van der Waals surface area contributed by atoms with Gasteiger partial charge < -0.3 is 10.1 Å². The maximum Gasteiger partial charge on any atom is 0.341 e. The van der Waals surface area contributed by atoms with Gasteiger partial charge in [0.05, 0.1) is 12.2 Å². The molecular formula is C18H21N5O3S2. The standard InChI is InChI=1S/C18H21N5O3S2/c1-4-26-18(25)15-13(7-11(2)3)10-28-17(15)19-14(24)8-23-21-16(20-22-23)12-5-6-27-9-12/h5-6,9-11H,4,7-8H2,1-3H3,(H,19,24). The van der Waals surface area contributed by atoms with Crippen LogP contribution in [0.4, 0.5) is 5.00 Å². The summed E-state index contributed by atoms with van der Waals surface area (Å²) in [7, 11) is 0. The third-order valence-electron chi connectivity index (χ3n) is 3.75. The van der Waals surface area contributed by atoms with Crippen molar-refractivity contribution in [3.05, 3.63) is 33.3 Å². The van der Waals surface area contributed by atoms with Crippen molar-refractivity contribution in [1.82, 2.24) is 20.2 Å². The highest BCUT2D eigenvalue weighted by Crippen LogP contribution is 2.31. The number of tetrazole rings is 1. The van der Waals surface area contributed by atoms with Crippen LogP contribution in [0.25, 0.3) is 11.4 Å². The van der Waals surface area contributed by atoms with Crippen molar-refractivity contribution in [2.24, 2.45) is 5.92 Å². The fourth-order valence-electron chi connectivity index (χ4n) is 2.61. The van der Waals surface area contributed by atoms with Crippen molar-refractivity contribution in [1.29, 1.82) is 0 Å². The second-order valence-corrected chi connectivity index (χ2v) is 8.15. The SMILES string of the molecule is CCOC(=O)c1c(CC(C)C)csc1NC(=O)Cn1nnc(-c2ccsc2)n1. The van der Waals surface area contributed by atoms with E-state index >= 15 is 0 Å². The first-order chi connectivity index (χ1) is 13.5. The molecule has 0 fully saturated rings. The van der Waals surface area contributed by atoms with E-state index in [-0.39, 0.29) is 19.1 Å². The predicted octanol–water partition coefficient (Wildman–Crippen LogP) is 3.48. The molecule has 0 aliphatic heterocycles. The summed E-state index contributed by atoms with van der Waals surface area (Å²) in [5, 5.41) is 21.1. The molecule has 0 unspecified atom stereocenters. The van der Waals surface area contributed by atoms with Gasteiger partial charge in [-0.3, -0.25) is 4.79 Å².